The highest BCUT2D eigenvalue weighted by molar-refractivity contribution is 7.89. The SMILES string of the molecule is Cn1cnc(S(=O)(=O)N(Cc2ccc(C(C)(C)C)cc2)Cc2cccc(OCC(=O)O)c2)c1. The minimum atomic E-state index is -3.89. The Morgan fingerprint density at radius 1 is 1.09 bits per heavy atom. The predicted octanol–water partition coefficient (Wildman–Crippen LogP) is 3.57. The van der Waals surface area contributed by atoms with Crippen LogP contribution in [-0.4, -0.2) is 40.0 Å². The average molecular weight is 472 g/mol. The van der Waals surface area contributed by atoms with Crippen molar-refractivity contribution < 1.29 is 23.1 Å². The first-order valence-corrected chi connectivity index (χ1v) is 11.9. The van der Waals surface area contributed by atoms with Crippen molar-refractivity contribution in [3.8, 4) is 5.75 Å². The number of carboxylic acids is 1. The lowest BCUT2D eigenvalue weighted by Crippen LogP contribution is -2.30. The topological polar surface area (TPSA) is 102 Å². The van der Waals surface area contributed by atoms with Crippen LogP contribution in [0.5, 0.6) is 5.75 Å². The van der Waals surface area contributed by atoms with Gasteiger partial charge in [-0.25, -0.2) is 18.2 Å². The summed E-state index contributed by atoms with van der Waals surface area (Å²) >= 11 is 0. The van der Waals surface area contributed by atoms with E-state index in [-0.39, 0.29) is 23.5 Å². The second-order valence-corrected chi connectivity index (χ2v) is 10.8. The van der Waals surface area contributed by atoms with Crippen molar-refractivity contribution in [3.63, 3.8) is 0 Å². The molecular formula is C24H29N3O5S. The number of nitrogens with zero attached hydrogens (tertiary/aromatic N) is 3. The molecule has 33 heavy (non-hydrogen) atoms. The number of benzene rings is 2. The Kier molecular flexibility index (Phi) is 7.24. The number of aromatic nitrogens is 2. The first-order chi connectivity index (χ1) is 15.4. The van der Waals surface area contributed by atoms with Gasteiger partial charge in [-0.15, -0.1) is 0 Å². The van der Waals surface area contributed by atoms with E-state index in [0.29, 0.717) is 11.3 Å². The first-order valence-electron chi connectivity index (χ1n) is 10.5. The number of aryl methyl sites for hydroxylation is 1. The van der Waals surface area contributed by atoms with Gasteiger partial charge in [0.15, 0.2) is 11.6 Å². The molecule has 9 heteroatoms. The molecule has 0 atom stereocenters. The molecule has 1 heterocycles. The molecule has 0 aliphatic rings. The molecule has 0 radical (unpaired) electrons. The van der Waals surface area contributed by atoms with Gasteiger partial charge in [0.2, 0.25) is 0 Å². The molecule has 2 aromatic carbocycles. The van der Waals surface area contributed by atoms with E-state index in [0.717, 1.165) is 11.1 Å². The van der Waals surface area contributed by atoms with Crippen LogP contribution in [0.25, 0.3) is 0 Å². The minimum absolute atomic E-state index is 0.00531. The second-order valence-electron chi connectivity index (χ2n) is 8.93. The molecule has 0 aliphatic carbocycles. The van der Waals surface area contributed by atoms with Gasteiger partial charge in [-0.1, -0.05) is 57.2 Å². The lowest BCUT2D eigenvalue weighted by atomic mass is 9.87. The molecule has 0 bridgehead atoms. The number of sulfonamides is 1. The van der Waals surface area contributed by atoms with Crippen molar-refractivity contribution in [3.05, 3.63) is 77.7 Å². The fraction of sp³-hybridized carbons (Fsp3) is 0.333. The molecule has 1 N–H and O–H groups in total. The summed E-state index contributed by atoms with van der Waals surface area (Å²) in [7, 11) is -2.17. The van der Waals surface area contributed by atoms with Crippen molar-refractivity contribution in [2.24, 2.45) is 7.05 Å². The quantitative estimate of drug-likeness (QED) is 0.512. The van der Waals surface area contributed by atoms with Gasteiger partial charge >= 0.3 is 5.97 Å². The van der Waals surface area contributed by atoms with Gasteiger partial charge < -0.3 is 14.4 Å². The highest BCUT2D eigenvalue weighted by Crippen LogP contribution is 2.25. The van der Waals surface area contributed by atoms with Crippen LogP contribution >= 0.6 is 0 Å². The van der Waals surface area contributed by atoms with Crippen LogP contribution in [-0.2, 0) is 40.4 Å². The van der Waals surface area contributed by atoms with E-state index >= 15 is 0 Å². The molecule has 0 fully saturated rings. The molecule has 8 nitrogen and oxygen atoms in total. The summed E-state index contributed by atoms with van der Waals surface area (Å²) in [4.78, 5) is 14.8. The lowest BCUT2D eigenvalue weighted by molar-refractivity contribution is -0.139. The van der Waals surface area contributed by atoms with Crippen LogP contribution in [0, 0.1) is 0 Å². The summed E-state index contributed by atoms with van der Waals surface area (Å²) in [5.74, 6) is -0.724. The van der Waals surface area contributed by atoms with E-state index in [2.05, 4.69) is 25.8 Å². The van der Waals surface area contributed by atoms with Crippen LogP contribution < -0.4 is 4.74 Å². The summed E-state index contributed by atoms with van der Waals surface area (Å²) in [6.45, 7) is 6.13. The lowest BCUT2D eigenvalue weighted by Gasteiger charge is -2.23. The average Bonchev–Trinajstić information content (AvgIpc) is 3.19. The summed E-state index contributed by atoms with van der Waals surface area (Å²) in [6.07, 6.45) is 2.92. The first kappa shape index (κ1) is 24.5. The van der Waals surface area contributed by atoms with Crippen LogP contribution in [0.15, 0.2) is 66.1 Å². The Labute approximate surface area is 194 Å². The predicted molar refractivity (Wildman–Crippen MR) is 124 cm³/mol. The zero-order valence-corrected chi connectivity index (χ0v) is 20.0. The Balaban J connectivity index is 1.91. The smallest absolute Gasteiger partial charge is 0.341 e. The number of aliphatic carboxylic acids is 1. The highest BCUT2D eigenvalue weighted by atomic mass is 32.2. The van der Waals surface area contributed by atoms with Gasteiger partial charge in [0, 0.05) is 26.3 Å². The Hall–Kier alpha value is -3.17. The van der Waals surface area contributed by atoms with E-state index in [1.165, 1.54) is 16.8 Å². The third kappa shape index (κ3) is 6.43. The third-order valence-electron chi connectivity index (χ3n) is 5.08. The monoisotopic (exact) mass is 471 g/mol. The van der Waals surface area contributed by atoms with E-state index < -0.39 is 22.6 Å². The maximum Gasteiger partial charge on any atom is 0.341 e. The van der Waals surface area contributed by atoms with Gasteiger partial charge in [-0.3, -0.25) is 0 Å². The van der Waals surface area contributed by atoms with Crippen molar-refractivity contribution in [2.75, 3.05) is 6.61 Å². The second kappa shape index (κ2) is 9.76. The largest absolute Gasteiger partial charge is 0.482 e. The number of ether oxygens (including phenoxy) is 1. The molecule has 0 unspecified atom stereocenters. The zero-order chi connectivity index (χ0) is 24.2. The third-order valence-corrected chi connectivity index (χ3v) is 6.76. The Bertz CT molecular complexity index is 1210. The molecular weight excluding hydrogens is 442 g/mol. The molecule has 3 aromatic rings. The molecule has 1 aromatic heterocycles. The van der Waals surface area contributed by atoms with E-state index in [9.17, 15) is 13.2 Å². The van der Waals surface area contributed by atoms with Crippen LogP contribution in [0.1, 0.15) is 37.5 Å². The van der Waals surface area contributed by atoms with Crippen LogP contribution in [0.2, 0.25) is 0 Å². The Morgan fingerprint density at radius 2 is 1.76 bits per heavy atom. The number of carboxylic acid groups (broad SMARTS) is 1. The Morgan fingerprint density at radius 3 is 2.33 bits per heavy atom. The standard InChI is InChI=1S/C24H29N3O5S/c1-24(2,3)20-10-8-18(9-11-20)13-27(33(30,31)22-15-26(4)17-25-22)14-19-6-5-7-21(12-19)32-16-23(28)29/h5-12,15,17H,13-14,16H2,1-4H3,(H,28,29). The molecule has 0 amide bonds. The summed E-state index contributed by atoms with van der Waals surface area (Å²) in [5.41, 5.74) is 2.67. The number of hydrogen-bond acceptors (Lipinski definition) is 5. The van der Waals surface area contributed by atoms with Gasteiger partial charge in [0.25, 0.3) is 10.0 Å². The number of imidazole rings is 1. The van der Waals surface area contributed by atoms with Gasteiger partial charge in [-0.05, 0) is 34.2 Å². The van der Waals surface area contributed by atoms with Crippen molar-refractivity contribution in [1.29, 1.82) is 0 Å². The van der Waals surface area contributed by atoms with Crippen LogP contribution in [0.4, 0.5) is 0 Å². The number of rotatable bonds is 9. The molecule has 0 saturated carbocycles. The van der Waals surface area contributed by atoms with E-state index in [1.807, 2.05) is 24.3 Å². The molecule has 3 rings (SSSR count). The van der Waals surface area contributed by atoms with Crippen molar-refractivity contribution in [2.45, 2.75) is 44.3 Å². The fourth-order valence-electron chi connectivity index (χ4n) is 3.28. The molecule has 0 spiro atoms. The number of carbonyl (C=O) groups is 1. The van der Waals surface area contributed by atoms with Gasteiger partial charge in [0.1, 0.15) is 5.75 Å². The maximum atomic E-state index is 13.4. The van der Waals surface area contributed by atoms with E-state index in [4.69, 9.17) is 9.84 Å². The van der Waals surface area contributed by atoms with E-state index in [1.54, 1.807) is 35.9 Å². The molecule has 176 valence electrons. The van der Waals surface area contributed by atoms with Crippen molar-refractivity contribution in [1.82, 2.24) is 13.9 Å². The summed E-state index contributed by atoms with van der Waals surface area (Å²) in [5, 5.41) is 8.80. The van der Waals surface area contributed by atoms with Crippen LogP contribution in [0.3, 0.4) is 0 Å². The summed E-state index contributed by atoms with van der Waals surface area (Å²) < 4.78 is 35.0. The fourth-order valence-corrected chi connectivity index (χ4v) is 4.66. The number of hydrogen-bond donors (Lipinski definition) is 1. The van der Waals surface area contributed by atoms with Gasteiger partial charge in [0.05, 0.1) is 6.33 Å². The molecule has 0 aliphatic heterocycles. The maximum absolute atomic E-state index is 13.4. The minimum Gasteiger partial charge on any atom is -0.482 e. The molecule has 0 saturated heterocycles. The highest BCUT2D eigenvalue weighted by Gasteiger charge is 2.27. The van der Waals surface area contributed by atoms with Crippen molar-refractivity contribution >= 4 is 16.0 Å². The van der Waals surface area contributed by atoms with Gasteiger partial charge in [-0.2, -0.15) is 4.31 Å². The normalized spacial score (nSPS) is 12.2. The summed E-state index contributed by atoms with van der Waals surface area (Å²) in [6, 6.07) is 14.7. The zero-order valence-electron chi connectivity index (χ0n) is 19.2.